The predicted octanol–water partition coefficient (Wildman–Crippen LogP) is 3.69. The molecule has 0 aliphatic heterocycles. The number of nitrogens with zero attached hydrogens (tertiary/aromatic N) is 3. The molecule has 4 rings (SSSR count). The van der Waals surface area contributed by atoms with Crippen LogP contribution >= 0.6 is 0 Å². The number of aromatic nitrogens is 4. The summed E-state index contributed by atoms with van der Waals surface area (Å²) in [7, 11) is 0. The lowest BCUT2D eigenvalue weighted by atomic mass is 9.87. The molecule has 2 heterocycles. The van der Waals surface area contributed by atoms with Crippen molar-refractivity contribution in [1.29, 1.82) is 0 Å². The molecule has 29 heavy (non-hydrogen) atoms. The average molecular weight is 391 g/mol. The zero-order valence-electron chi connectivity index (χ0n) is 17.1. The molecule has 1 aliphatic rings. The fourth-order valence-corrected chi connectivity index (χ4v) is 3.20. The number of nitrogens with one attached hydrogen (secondary N) is 2. The number of H-pyrrole nitrogens is 1. The number of hydrogen-bond acceptors (Lipinski definition) is 4. The fourth-order valence-electron chi connectivity index (χ4n) is 3.20. The van der Waals surface area contributed by atoms with E-state index in [1.807, 2.05) is 30.3 Å². The third-order valence-electron chi connectivity index (χ3n) is 5.04. The van der Waals surface area contributed by atoms with Crippen molar-refractivity contribution < 1.29 is 4.79 Å². The monoisotopic (exact) mass is 391 g/mol. The number of carbonyl (C=O) groups is 1. The lowest BCUT2D eigenvalue weighted by Gasteiger charge is -2.19. The maximum Gasteiger partial charge on any atom is 0.256 e. The molecule has 7 nitrogen and oxygen atoms in total. The maximum absolute atomic E-state index is 12.8. The fraction of sp³-hybridized carbons (Fsp3) is 0.364. The van der Waals surface area contributed by atoms with Crippen LogP contribution in [0.15, 0.2) is 41.2 Å². The quantitative estimate of drug-likeness (QED) is 0.709. The van der Waals surface area contributed by atoms with Crippen LogP contribution in [-0.2, 0) is 5.41 Å². The van der Waals surface area contributed by atoms with Gasteiger partial charge in [0.1, 0.15) is 5.82 Å². The Kier molecular flexibility index (Phi) is 4.61. The lowest BCUT2D eigenvalue weighted by molar-refractivity contribution is 0.102. The summed E-state index contributed by atoms with van der Waals surface area (Å²) in [4.78, 5) is 31.8. The van der Waals surface area contributed by atoms with Crippen molar-refractivity contribution in [1.82, 2.24) is 19.7 Å². The van der Waals surface area contributed by atoms with E-state index in [4.69, 9.17) is 0 Å². The van der Waals surface area contributed by atoms with E-state index < -0.39 is 0 Å². The van der Waals surface area contributed by atoms with Gasteiger partial charge < -0.3 is 5.32 Å². The van der Waals surface area contributed by atoms with Crippen molar-refractivity contribution >= 4 is 11.7 Å². The van der Waals surface area contributed by atoms with Crippen LogP contribution in [0.25, 0.3) is 5.95 Å². The average Bonchev–Trinajstić information content (AvgIpc) is 3.41. The third kappa shape index (κ3) is 4.13. The van der Waals surface area contributed by atoms with Crippen molar-refractivity contribution in [3.8, 4) is 5.95 Å². The van der Waals surface area contributed by atoms with E-state index in [0.717, 1.165) is 24.1 Å². The normalized spacial score (nSPS) is 14.1. The SMILES string of the molecule is Cc1cc(=O)[nH]c(-n2nc(C3CC3)cc2NC(=O)c2ccc(C(C)(C)C)cc2)n1. The third-order valence-corrected chi connectivity index (χ3v) is 5.04. The number of benzene rings is 1. The molecule has 3 aromatic rings. The van der Waals surface area contributed by atoms with Gasteiger partial charge in [0.2, 0.25) is 5.95 Å². The summed E-state index contributed by atoms with van der Waals surface area (Å²) in [6.07, 6.45) is 2.16. The van der Waals surface area contributed by atoms with Crippen molar-refractivity contribution in [3.05, 3.63) is 69.3 Å². The van der Waals surface area contributed by atoms with Gasteiger partial charge in [-0.1, -0.05) is 32.9 Å². The minimum absolute atomic E-state index is 0.0233. The first-order valence-electron chi connectivity index (χ1n) is 9.81. The van der Waals surface area contributed by atoms with Crippen LogP contribution in [0.3, 0.4) is 0 Å². The summed E-state index contributed by atoms with van der Waals surface area (Å²) in [5.74, 6) is 0.948. The van der Waals surface area contributed by atoms with E-state index in [1.54, 1.807) is 6.92 Å². The number of amides is 1. The van der Waals surface area contributed by atoms with Crippen molar-refractivity contribution in [3.63, 3.8) is 0 Å². The highest BCUT2D eigenvalue weighted by molar-refractivity contribution is 6.04. The number of rotatable bonds is 4. The summed E-state index contributed by atoms with van der Waals surface area (Å²) in [5, 5.41) is 7.51. The van der Waals surface area contributed by atoms with Crippen molar-refractivity contribution in [2.75, 3.05) is 5.32 Å². The Labute approximate surface area is 169 Å². The summed E-state index contributed by atoms with van der Waals surface area (Å²) < 4.78 is 1.50. The van der Waals surface area contributed by atoms with Crippen LogP contribution in [0.5, 0.6) is 0 Å². The molecule has 1 aliphatic carbocycles. The number of aryl methyl sites for hydroxylation is 1. The highest BCUT2D eigenvalue weighted by atomic mass is 16.1. The number of aromatic amines is 1. The predicted molar refractivity (Wildman–Crippen MR) is 112 cm³/mol. The molecule has 0 bridgehead atoms. The molecule has 150 valence electrons. The van der Waals surface area contributed by atoms with Gasteiger partial charge in [0.15, 0.2) is 0 Å². The highest BCUT2D eigenvalue weighted by Crippen LogP contribution is 2.40. The molecular weight excluding hydrogens is 366 g/mol. The second-order valence-electron chi connectivity index (χ2n) is 8.63. The Morgan fingerprint density at radius 3 is 2.45 bits per heavy atom. The summed E-state index contributed by atoms with van der Waals surface area (Å²) in [6.45, 7) is 8.15. The van der Waals surface area contributed by atoms with E-state index in [1.165, 1.54) is 10.7 Å². The first-order valence-corrected chi connectivity index (χ1v) is 9.81. The molecular formula is C22H25N5O2. The molecule has 2 aromatic heterocycles. The van der Waals surface area contributed by atoms with Gasteiger partial charge in [-0.25, -0.2) is 4.98 Å². The van der Waals surface area contributed by atoms with Gasteiger partial charge in [0, 0.05) is 29.3 Å². The topological polar surface area (TPSA) is 92.7 Å². The molecule has 0 saturated heterocycles. The highest BCUT2D eigenvalue weighted by Gasteiger charge is 2.28. The molecule has 1 amide bonds. The zero-order chi connectivity index (χ0) is 20.8. The largest absolute Gasteiger partial charge is 0.306 e. The lowest BCUT2D eigenvalue weighted by Crippen LogP contribution is -2.19. The number of carbonyl (C=O) groups excluding carboxylic acids is 1. The second kappa shape index (κ2) is 6.99. The molecule has 2 N–H and O–H groups in total. The maximum atomic E-state index is 12.8. The van der Waals surface area contributed by atoms with Crippen LogP contribution in [0.1, 0.15) is 66.8 Å². The zero-order valence-corrected chi connectivity index (χ0v) is 17.1. The molecule has 1 fully saturated rings. The Bertz CT molecular complexity index is 1120. The molecule has 0 spiro atoms. The standard InChI is InChI=1S/C22H25N5O2/c1-13-11-19(28)25-21(23-13)27-18(12-17(26-27)14-5-6-14)24-20(29)15-7-9-16(10-8-15)22(2,3)4/h7-12,14H,5-6H2,1-4H3,(H,24,29)(H,23,25,28). The van der Waals surface area contributed by atoms with Gasteiger partial charge >= 0.3 is 0 Å². The van der Waals surface area contributed by atoms with E-state index in [-0.39, 0.29) is 16.9 Å². The van der Waals surface area contributed by atoms with E-state index in [2.05, 4.69) is 41.2 Å². The number of hydrogen-bond donors (Lipinski definition) is 2. The van der Waals surface area contributed by atoms with Crippen molar-refractivity contribution in [2.45, 2.75) is 51.9 Å². The molecule has 0 unspecified atom stereocenters. The molecule has 7 heteroatoms. The summed E-state index contributed by atoms with van der Waals surface area (Å²) in [5.41, 5.74) is 2.97. The van der Waals surface area contributed by atoms with Crippen molar-refractivity contribution in [2.24, 2.45) is 0 Å². The molecule has 0 radical (unpaired) electrons. The Morgan fingerprint density at radius 2 is 1.86 bits per heavy atom. The van der Waals surface area contributed by atoms with Gasteiger partial charge in [-0.05, 0) is 42.9 Å². The van der Waals surface area contributed by atoms with E-state index in [0.29, 0.717) is 28.9 Å². The van der Waals surface area contributed by atoms with Gasteiger partial charge in [0.25, 0.3) is 11.5 Å². The van der Waals surface area contributed by atoms with Crippen LogP contribution in [0.4, 0.5) is 5.82 Å². The van der Waals surface area contributed by atoms with E-state index >= 15 is 0 Å². The Morgan fingerprint density at radius 1 is 1.17 bits per heavy atom. The van der Waals surface area contributed by atoms with Gasteiger partial charge in [0.05, 0.1) is 5.69 Å². The first kappa shape index (κ1) is 19.1. The van der Waals surface area contributed by atoms with Crippen LogP contribution in [0.2, 0.25) is 0 Å². The van der Waals surface area contributed by atoms with Crippen LogP contribution in [-0.4, -0.2) is 25.7 Å². The molecule has 1 aromatic carbocycles. The van der Waals surface area contributed by atoms with Crippen LogP contribution in [0, 0.1) is 6.92 Å². The first-order chi connectivity index (χ1) is 13.7. The molecule has 1 saturated carbocycles. The van der Waals surface area contributed by atoms with Gasteiger partial charge in [-0.3, -0.25) is 14.6 Å². The van der Waals surface area contributed by atoms with E-state index in [9.17, 15) is 9.59 Å². The minimum atomic E-state index is -0.258. The Hall–Kier alpha value is -3.22. The summed E-state index contributed by atoms with van der Waals surface area (Å²) in [6, 6.07) is 10.9. The minimum Gasteiger partial charge on any atom is -0.306 e. The van der Waals surface area contributed by atoms with Gasteiger partial charge in [-0.2, -0.15) is 9.78 Å². The number of anilines is 1. The second-order valence-corrected chi connectivity index (χ2v) is 8.63. The summed E-state index contributed by atoms with van der Waals surface area (Å²) >= 11 is 0. The molecule has 0 atom stereocenters. The Balaban J connectivity index is 1.65. The van der Waals surface area contributed by atoms with Crippen LogP contribution < -0.4 is 10.9 Å². The smallest absolute Gasteiger partial charge is 0.256 e. The van der Waals surface area contributed by atoms with Gasteiger partial charge in [-0.15, -0.1) is 0 Å².